The molecule has 17 heavy (non-hydrogen) atoms. The van der Waals surface area contributed by atoms with Crippen molar-refractivity contribution in [2.75, 3.05) is 11.4 Å². The van der Waals surface area contributed by atoms with Crippen molar-refractivity contribution in [2.45, 2.75) is 39.3 Å². The number of benzene rings is 1. The van der Waals surface area contributed by atoms with Gasteiger partial charge in [-0.3, -0.25) is 0 Å². The molecule has 1 heterocycles. The quantitative estimate of drug-likeness (QED) is 0.874. The molecule has 1 aromatic rings. The lowest BCUT2D eigenvalue weighted by molar-refractivity contribution is 0.491. The second-order valence-corrected chi connectivity index (χ2v) is 5.13. The van der Waals surface area contributed by atoms with Crippen LogP contribution in [0.4, 0.5) is 10.1 Å². The molecule has 1 unspecified atom stereocenters. The zero-order valence-corrected chi connectivity index (χ0v) is 10.6. The van der Waals surface area contributed by atoms with E-state index in [1.54, 1.807) is 12.1 Å². The highest BCUT2D eigenvalue weighted by molar-refractivity contribution is 5.50. The fourth-order valence-electron chi connectivity index (χ4n) is 2.69. The third kappa shape index (κ3) is 2.44. The maximum atomic E-state index is 13.7. The fraction of sp³-hybridized carbons (Fsp3) is 0.571. The van der Waals surface area contributed by atoms with Crippen LogP contribution in [0.1, 0.15) is 32.3 Å². The summed E-state index contributed by atoms with van der Waals surface area (Å²) in [7, 11) is 0. The molecule has 2 nitrogen and oxygen atoms in total. The van der Waals surface area contributed by atoms with Gasteiger partial charge in [-0.15, -0.1) is 0 Å². The molecule has 1 aliphatic heterocycles. The minimum absolute atomic E-state index is 0.181. The van der Waals surface area contributed by atoms with E-state index >= 15 is 0 Å². The van der Waals surface area contributed by atoms with Crippen molar-refractivity contribution in [1.29, 1.82) is 0 Å². The van der Waals surface area contributed by atoms with Gasteiger partial charge < -0.3 is 10.6 Å². The van der Waals surface area contributed by atoms with Gasteiger partial charge in [0.2, 0.25) is 0 Å². The van der Waals surface area contributed by atoms with Gasteiger partial charge in [-0.05, 0) is 30.9 Å². The number of nitrogens with two attached hydrogens (primary N) is 1. The largest absolute Gasteiger partial charge is 0.368 e. The number of hydrogen-bond donors (Lipinski definition) is 1. The van der Waals surface area contributed by atoms with Gasteiger partial charge in [-0.25, -0.2) is 4.39 Å². The lowest BCUT2D eigenvalue weighted by Gasteiger charge is -2.30. The van der Waals surface area contributed by atoms with Gasteiger partial charge in [0, 0.05) is 30.4 Å². The molecule has 0 amide bonds. The van der Waals surface area contributed by atoms with E-state index in [2.05, 4.69) is 18.7 Å². The highest BCUT2D eigenvalue weighted by Crippen LogP contribution is 2.30. The molecule has 0 bridgehead atoms. The van der Waals surface area contributed by atoms with E-state index in [-0.39, 0.29) is 12.4 Å². The molecule has 94 valence electrons. The van der Waals surface area contributed by atoms with Crippen molar-refractivity contribution < 1.29 is 4.39 Å². The minimum atomic E-state index is -0.181. The number of halogens is 1. The third-order valence-corrected chi connectivity index (χ3v) is 3.66. The number of nitrogens with zero attached hydrogens (tertiary/aromatic N) is 1. The van der Waals surface area contributed by atoms with Crippen LogP contribution in [-0.4, -0.2) is 12.6 Å². The number of rotatable bonds is 3. The average molecular weight is 236 g/mol. The van der Waals surface area contributed by atoms with Crippen LogP contribution in [0.2, 0.25) is 0 Å². The molecule has 1 fully saturated rings. The van der Waals surface area contributed by atoms with Crippen molar-refractivity contribution in [3.8, 4) is 0 Å². The molecule has 0 aliphatic carbocycles. The first-order valence-electron chi connectivity index (χ1n) is 6.38. The Kier molecular flexibility index (Phi) is 3.67. The first-order chi connectivity index (χ1) is 8.13. The molecule has 1 saturated heterocycles. The van der Waals surface area contributed by atoms with Gasteiger partial charge in [-0.2, -0.15) is 0 Å². The number of anilines is 1. The van der Waals surface area contributed by atoms with Crippen molar-refractivity contribution in [1.82, 2.24) is 0 Å². The van der Waals surface area contributed by atoms with Gasteiger partial charge in [0.25, 0.3) is 0 Å². The van der Waals surface area contributed by atoms with Crippen molar-refractivity contribution >= 4 is 5.69 Å². The summed E-state index contributed by atoms with van der Waals surface area (Å²) in [6.45, 7) is 5.76. The molecular formula is C14H21FN2. The van der Waals surface area contributed by atoms with Crippen molar-refractivity contribution in [3.63, 3.8) is 0 Å². The van der Waals surface area contributed by atoms with Crippen LogP contribution in [-0.2, 0) is 6.54 Å². The zero-order valence-electron chi connectivity index (χ0n) is 10.6. The van der Waals surface area contributed by atoms with E-state index in [0.717, 1.165) is 12.2 Å². The zero-order chi connectivity index (χ0) is 12.4. The fourth-order valence-corrected chi connectivity index (χ4v) is 2.69. The monoisotopic (exact) mass is 236 g/mol. The highest BCUT2D eigenvalue weighted by atomic mass is 19.1. The van der Waals surface area contributed by atoms with E-state index in [0.29, 0.717) is 17.5 Å². The molecule has 3 heteroatoms. The van der Waals surface area contributed by atoms with Gasteiger partial charge in [-0.1, -0.05) is 19.9 Å². The summed E-state index contributed by atoms with van der Waals surface area (Å²) in [6, 6.07) is 5.97. The molecule has 2 rings (SSSR count). The summed E-state index contributed by atoms with van der Waals surface area (Å²) in [6.07, 6.45) is 2.40. The van der Waals surface area contributed by atoms with Crippen LogP contribution in [0.15, 0.2) is 18.2 Å². The van der Waals surface area contributed by atoms with Crippen LogP contribution in [0, 0.1) is 11.7 Å². The lowest BCUT2D eigenvalue weighted by Crippen LogP contribution is -2.33. The Morgan fingerprint density at radius 3 is 2.82 bits per heavy atom. The Bertz CT molecular complexity index is 390. The predicted octanol–water partition coefficient (Wildman–Crippen LogP) is 2.91. The number of hydrogen-bond acceptors (Lipinski definition) is 2. The topological polar surface area (TPSA) is 29.3 Å². The molecule has 1 aromatic carbocycles. The Morgan fingerprint density at radius 2 is 2.24 bits per heavy atom. The van der Waals surface area contributed by atoms with E-state index in [1.807, 2.05) is 6.07 Å². The van der Waals surface area contributed by atoms with Crippen molar-refractivity contribution in [2.24, 2.45) is 11.7 Å². The Morgan fingerprint density at radius 1 is 1.47 bits per heavy atom. The Hall–Kier alpha value is -1.09. The SMILES string of the molecule is CC(C)C1CCCN1c1ccc(CN)c(F)c1. The summed E-state index contributed by atoms with van der Waals surface area (Å²) in [4.78, 5) is 2.33. The maximum absolute atomic E-state index is 13.7. The van der Waals surface area contributed by atoms with E-state index in [4.69, 9.17) is 5.73 Å². The van der Waals surface area contributed by atoms with Crippen LogP contribution in [0.5, 0.6) is 0 Å². The van der Waals surface area contributed by atoms with Gasteiger partial charge in [0.1, 0.15) is 5.82 Å². The smallest absolute Gasteiger partial charge is 0.129 e. The lowest BCUT2D eigenvalue weighted by atomic mass is 10.0. The van der Waals surface area contributed by atoms with E-state index in [1.165, 1.54) is 12.8 Å². The predicted molar refractivity (Wildman–Crippen MR) is 69.5 cm³/mol. The molecule has 0 radical (unpaired) electrons. The molecule has 0 saturated carbocycles. The molecule has 1 atom stereocenters. The van der Waals surface area contributed by atoms with Gasteiger partial charge in [0.15, 0.2) is 0 Å². The normalized spacial score (nSPS) is 20.3. The summed E-state index contributed by atoms with van der Waals surface area (Å²) >= 11 is 0. The Balaban J connectivity index is 2.24. The van der Waals surface area contributed by atoms with Crippen LogP contribution in [0.25, 0.3) is 0 Å². The van der Waals surface area contributed by atoms with Gasteiger partial charge in [0.05, 0.1) is 0 Å². The summed E-state index contributed by atoms with van der Waals surface area (Å²) in [5, 5.41) is 0. The van der Waals surface area contributed by atoms with Crippen molar-refractivity contribution in [3.05, 3.63) is 29.6 Å². The Labute approximate surface area is 103 Å². The average Bonchev–Trinajstić information content (AvgIpc) is 2.77. The molecule has 0 aromatic heterocycles. The van der Waals surface area contributed by atoms with Crippen LogP contribution < -0.4 is 10.6 Å². The first-order valence-corrected chi connectivity index (χ1v) is 6.38. The molecule has 2 N–H and O–H groups in total. The third-order valence-electron chi connectivity index (χ3n) is 3.66. The van der Waals surface area contributed by atoms with Crippen LogP contribution >= 0.6 is 0 Å². The molecule has 1 aliphatic rings. The van der Waals surface area contributed by atoms with Crippen LogP contribution in [0.3, 0.4) is 0 Å². The van der Waals surface area contributed by atoms with E-state index < -0.39 is 0 Å². The standard InChI is InChI=1S/C14H21FN2/c1-10(2)14-4-3-7-17(14)12-6-5-11(9-16)13(15)8-12/h5-6,8,10,14H,3-4,7,9,16H2,1-2H3. The first kappa shape index (κ1) is 12.4. The van der Waals surface area contributed by atoms with E-state index in [9.17, 15) is 4.39 Å². The summed E-state index contributed by atoms with van der Waals surface area (Å²) in [5.41, 5.74) is 7.06. The molecular weight excluding hydrogens is 215 g/mol. The maximum Gasteiger partial charge on any atom is 0.129 e. The highest BCUT2D eigenvalue weighted by Gasteiger charge is 2.27. The summed E-state index contributed by atoms with van der Waals surface area (Å²) < 4.78 is 13.7. The minimum Gasteiger partial charge on any atom is -0.368 e. The molecule has 0 spiro atoms. The van der Waals surface area contributed by atoms with Gasteiger partial charge >= 0.3 is 0 Å². The second kappa shape index (κ2) is 5.05. The summed E-state index contributed by atoms with van der Waals surface area (Å²) in [5.74, 6) is 0.425. The second-order valence-electron chi connectivity index (χ2n) is 5.13.